The van der Waals surface area contributed by atoms with E-state index in [0.717, 1.165) is 22.4 Å². The van der Waals surface area contributed by atoms with Crippen LogP contribution in [0.25, 0.3) is 0 Å². The molecule has 3 aromatic rings. The lowest BCUT2D eigenvalue weighted by atomic mass is 10.1. The molecule has 0 aromatic heterocycles. The Bertz CT molecular complexity index is 1190. The third-order valence-electron chi connectivity index (χ3n) is 5.52. The number of benzene rings is 3. The van der Waals surface area contributed by atoms with Crippen LogP contribution in [0.2, 0.25) is 0 Å². The Morgan fingerprint density at radius 2 is 1.73 bits per heavy atom. The third kappa shape index (κ3) is 4.83. The zero-order valence-corrected chi connectivity index (χ0v) is 19.9. The first-order valence-electron chi connectivity index (χ1n) is 10.5. The van der Waals surface area contributed by atoms with E-state index in [1.54, 1.807) is 44.2 Å². The van der Waals surface area contributed by atoms with E-state index in [1.807, 2.05) is 55.1 Å². The molecule has 3 aromatic carbocycles. The highest BCUT2D eigenvalue weighted by Gasteiger charge is 2.34. The van der Waals surface area contributed by atoms with Gasteiger partial charge in [0.2, 0.25) is 5.91 Å². The van der Waals surface area contributed by atoms with Crippen LogP contribution in [0.1, 0.15) is 32.4 Å². The number of carbonyl (C=O) groups excluding carboxylic acids is 2. The Labute approximate surface area is 197 Å². The molecule has 1 heterocycles. The Balaban J connectivity index is 1.60. The maximum Gasteiger partial charge on any atom is 0.255 e. The predicted molar refractivity (Wildman–Crippen MR) is 133 cm³/mol. The van der Waals surface area contributed by atoms with Crippen LogP contribution in [0.4, 0.5) is 11.4 Å². The molecular formula is C26H26N2O4S. The van der Waals surface area contributed by atoms with Crippen LogP contribution in [-0.2, 0) is 4.79 Å². The van der Waals surface area contributed by atoms with Gasteiger partial charge in [0.15, 0.2) is 0 Å². The maximum absolute atomic E-state index is 12.9. The molecule has 0 radical (unpaired) electrons. The van der Waals surface area contributed by atoms with Crippen molar-refractivity contribution in [2.75, 3.05) is 30.2 Å². The highest BCUT2D eigenvalue weighted by atomic mass is 32.2. The summed E-state index contributed by atoms with van der Waals surface area (Å²) in [6.07, 6.45) is 0. The normalized spacial score (nSPS) is 15.5. The van der Waals surface area contributed by atoms with Crippen molar-refractivity contribution in [1.29, 1.82) is 0 Å². The summed E-state index contributed by atoms with van der Waals surface area (Å²) in [5.41, 5.74) is 5.17. The first-order valence-corrected chi connectivity index (χ1v) is 11.6. The van der Waals surface area contributed by atoms with E-state index >= 15 is 0 Å². The lowest BCUT2D eigenvalue weighted by molar-refractivity contribution is -0.115. The van der Waals surface area contributed by atoms with Crippen LogP contribution in [-0.4, -0.2) is 31.8 Å². The van der Waals surface area contributed by atoms with E-state index in [1.165, 1.54) is 0 Å². The summed E-state index contributed by atoms with van der Waals surface area (Å²) >= 11 is 1.58. The van der Waals surface area contributed by atoms with Crippen molar-refractivity contribution in [3.05, 3.63) is 82.9 Å². The number of amides is 2. The molecule has 2 amide bonds. The van der Waals surface area contributed by atoms with Gasteiger partial charge in [-0.3, -0.25) is 14.5 Å². The monoisotopic (exact) mass is 462 g/mol. The number of hydrogen-bond donors (Lipinski definition) is 1. The zero-order valence-electron chi connectivity index (χ0n) is 19.0. The molecule has 7 heteroatoms. The number of anilines is 2. The molecule has 0 unspecified atom stereocenters. The summed E-state index contributed by atoms with van der Waals surface area (Å²) < 4.78 is 10.5. The van der Waals surface area contributed by atoms with E-state index in [-0.39, 0.29) is 17.2 Å². The summed E-state index contributed by atoms with van der Waals surface area (Å²) in [6.45, 7) is 4.06. The van der Waals surface area contributed by atoms with Crippen molar-refractivity contribution in [3.63, 3.8) is 0 Å². The Morgan fingerprint density at radius 1 is 1.00 bits per heavy atom. The summed E-state index contributed by atoms with van der Waals surface area (Å²) in [7, 11) is 3.09. The van der Waals surface area contributed by atoms with E-state index in [9.17, 15) is 9.59 Å². The Hall–Kier alpha value is -3.45. The van der Waals surface area contributed by atoms with Crippen LogP contribution in [0.3, 0.4) is 0 Å². The SMILES string of the molecule is COc1cc(OC)cc(C(=O)Nc2cccc([C@@H]3SCC(=O)N3c3ccc(C)cc3C)c2)c1. The fraction of sp³-hybridized carbons (Fsp3) is 0.231. The number of thioether (sulfide) groups is 1. The smallest absolute Gasteiger partial charge is 0.255 e. The first-order chi connectivity index (χ1) is 15.9. The first kappa shape index (κ1) is 22.7. The van der Waals surface area contributed by atoms with Gasteiger partial charge in [-0.25, -0.2) is 0 Å². The summed E-state index contributed by atoms with van der Waals surface area (Å²) in [5.74, 6) is 1.30. The molecule has 0 spiro atoms. The number of aryl methyl sites for hydroxylation is 2. The molecule has 33 heavy (non-hydrogen) atoms. The van der Waals surface area contributed by atoms with Gasteiger partial charge in [0.05, 0.1) is 20.0 Å². The molecule has 170 valence electrons. The van der Waals surface area contributed by atoms with Crippen molar-refractivity contribution >= 4 is 35.0 Å². The van der Waals surface area contributed by atoms with Gasteiger partial charge in [-0.1, -0.05) is 29.8 Å². The van der Waals surface area contributed by atoms with Crippen LogP contribution in [0, 0.1) is 13.8 Å². The minimum absolute atomic E-state index is 0.0786. The molecule has 6 nitrogen and oxygen atoms in total. The second kappa shape index (κ2) is 9.58. The maximum atomic E-state index is 12.9. The van der Waals surface area contributed by atoms with Crippen molar-refractivity contribution in [2.45, 2.75) is 19.2 Å². The standard InChI is InChI=1S/C26H26N2O4S/c1-16-8-9-23(17(2)10-16)28-24(29)15-33-26(28)18-6-5-7-20(11-18)27-25(30)19-12-21(31-3)14-22(13-19)32-4/h5-14,26H,15H2,1-4H3,(H,27,30)/t26-/m0/s1. The summed E-state index contributed by atoms with van der Waals surface area (Å²) in [5, 5.41) is 2.79. The average Bonchev–Trinajstić information content (AvgIpc) is 3.20. The van der Waals surface area contributed by atoms with Crippen LogP contribution < -0.4 is 19.7 Å². The van der Waals surface area contributed by atoms with Crippen LogP contribution in [0.5, 0.6) is 11.5 Å². The molecule has 1 aliphatic rings. The van der Waals surface area contributed by atoms with Crippen molar-refractivity contribution in [3.8, 4) is 11.5 Å². The van der Waals surface area contributed by atoms with Gasteiger partial charge < -0.3 is 14.8 Å². The zero-order chi connectivity index (χ0) is 23.5. The minimum Gasteiger partial charge on any atom is -0.497 e. The van der Waals surface area contributed by atoms with Crippen molar-refractivity contribution in [2.24, 2.45) is 0 Å². The molecule has 1 fully saturated rings. The van der Waals surface area contributed by atoms with E-state index in [2.05, 4.69) is 11.4 Å². The quantitative estimate of drug-likeness (QED) is 0.535. The molecular weight excluding hydrogens is 436 g/mol. The van der Waals surface area contributed by atoms with Crippen molar-refractivity contribution in [1.82, 2.24) is 0 Å². The van der Waals surface area contributed by atoms with E-state index in [4.69, 9.17) is 9.47 Å². The van der Waals surface area contributed by atoms with Gasteiger partial charge in [-0.05, 0) is 55.3 Å². The summed E-state index contributed by atoms with van der Waals surface area (Å²) in [4.78, 5) is 27.5. The largest absolute Gasteiger partial charge is 0.497 e. The van der Waals surface area contributed by atoms with Crippen LogP contribution >= 0.6 is 11.8 Å². The number of nitrogens with one attached hydrogen (secondary N) is 1. The molecule has 1 atom stereocenters. The highest BCUT2D eigenvalue weighted by molar-refractivity contribution is 8.00. The topological polar surface area (TPSA) is 67.9 Å². The number of nitrogens with zero attached hydrogens (tertiary/aromatic N) is 1. The fourth-order valence-electron chi connectivity index (χ4n) is 3.92. The molecule has 1 saturated heterocycles. The molecule has 1 N–H and O–H groups in total. The number of carbonyl (C=O) groups is 2. The Kier molecular flexibility index (Phi) is 6.60. The number of hydrogen-bond acceptors (Lipinski definition) is 5. The molecule has 0 bridgehead atoms. The second-order valence-corrected chi connectivity index (χ2v) is 8.97. The van der Waals surface area contributed by atoms with Gasteiger partial charge >= 0.3 is 0 Å². The lowest BCUT2D eigenvalue weighted by Crippen LogP contribution is -2.28. The average molecular weight is 463 g/mol. The number of ether oxygens (including phenoxy) is 2. The van der Waals surface area contributed by atoms with Gasteiger partial charge in [-0.15, -0.1) is 11.8 Å². The van der Waals surface area contributed by atoms with Crippen molar-refractivity contribution < 1.29 is 19.1 Å². The fourth-order valence-corrected chi connectivity index (χ4v) is 5.08. The molecule has 4 rings (SSSR count). The highest BCUT2D eigenvalue weighted by Crippen LogP contribution is 2.43. The van der Waals surface area contributed by atoms with Crippen LogP contribution in [0.15, 0.2) is 60.7 Å². The molecule has 0 saturated carbocycles. The summed E-state index contributed by atoms with van der Waals surface area (Å²) in [6, 6.07) is 18.8. The van der Waals surface area contributed by atoms with Gasteiger partial charge in [0, 0.05) is 23.0 Å². The van der Waals surface area contributed by atoms with Gasteiger partial charge in [0.25, 0.3) is 5.91 Å². The van der Waals surface area contributed by atoms with E-state index in [0.29, 0.717) is 28.5 Å². The third-order valence-corrected chi connectivity index (χ3v) is 6.74. The number of methoxy groups -OCH3 is 2. The van der Waals surface area contributed by atoms with Gasteiger partial charge in [-0.2, -0.15) is 0 Å². The minimum atomic E-state index is -0.272. The molecule has 1 aliphatic heterocycles. The molecule has 0 aliphatic carbocycles. The van der Waals surface area contributed by atoms with Gasteiger partial charge in [0.1, 0.15) is 16.9 Å². The second-order valence-electron chi connectivity index (χ2n) is 7.90. The number of rotatable bonds is 6. The Morgan fingerprint density at radius 3 is 2.39 bits per heavy atom. The predicted octanol–water partition coefficient (Wildman–Crippen LogP) is 5.35. The van der Waals surface area contributed by atoms with E-state index < -0.39 is 0 Å². The lowest BCUT2D eigenvalue weighted by Gasteiger charge is -2.26.